The highest BCUT2D eigenvalue weighted by molar-refractivity contribution is 7.89. The van der Waals surface area contributed by atoms with Crippen molar-refractivity contribution in [1.82, 2.24) is 25.1 Å². The molecule has 1 aliphatic rings. The molecule has 11 heteroatoms. The molecule has 0 radical (unpaired) electrons. The standard InChI is InChI=1S/C22H29N5O5S/c1-15(2)11-19(26-33(31,32)17-7-4-3-5-8-17)21(29)25-18-12-16-13-24-27(14-16)10-6-9-23-22(30)20(18)28/h3-5,7-8,13-15,18-19,26H,6,9-12H2,1-2H3,(H,23,30)(H,25,29). The van der Waals surface area contributed by atoms with Gasteiger partial charge >= 0.3 is 0 Å². The lowest BCUT2D eigenvalue weighted by molar-refractivity contribution is -0.140. The molecule has 0 saturated heterocycles. The highest BCUT2D eigenvalue weighted by Crippen LogP contribution is 2.13. The first-order valence-corrected chi connectivity index (χ1v) is 12.3. The van der Waals surface area contributed by atoms with Gasteiger partial charge in [0, 0.05) is 25.7 Å². The SMILES string of the molecule is CC(C)CC(NS(=O)(=O)c1ccccc1)C(=O)NC1Cc2cnn(c2)CCCNC(=O)C1=O. The number of sulfonamides is 1. The number of aryl methyl sites for hydroxylation is 1. The van der Waals surface area contributed by atoms with Crippen LogP contribution in [0.5, 0.6) is 0 Å². The maximum atomic E-state index is 13.1. The number of hydrogen-bond acceptors (Lipinski definition) is 6. The molecule has 2 heterocycles. The van der Waals surface area contributed by atoms with E-state index >= 15 is 0 Å². The molecule has 33 heavy (non-hydrogen) atoms. The van der Waals surface area contributed by atoms with E-state index in [9.17, 15) is 22.8 Å². The second kappa shape index (κ2) is 10.7. The van der Waals surface area contributed by atoms with Gasteiger partial charge in [0.1, 0.15) is 12.1 Å². The highest BCUT2D eigenvalue weighted by Gasteiger charge is 2.32. The number of aromatic nitrogens is 2. The van der Waals surface area contributed by atoms with E-state index in [4.69, 9.17) is 0 Å². The van der Waals surface area contributed by atoms with Crippen LogP contribution in [0.1, 0.15) is 32.3 Å². The molecule has 2 amide bonds. The van der Waals surface area contributed by atoms with Crippen molar-refractivity contribution in [3.63, 3.8) is 0 Å². The Morgan fingerprint density at radius 2 is 1.97 bits per heavy atom. The molecule has 3 rings (SSSR count). The predicted molar refractivity (Wildman–Crippen MR) is 121 cm³/mol. The Morgan fingerprint density at radius 1 is 1.24 bits per heavy atom. The summed E-state index contributed by atoms with van der Waals surface area (Å²) in [7, 11) is -3.97. The lowest BCUT2D eigenvalue weighted by atomic mass is 10.0. The molecule has 1 aromatic heterocycles. The maximum absolute atomic E-state index is 13.1. The molecule has 1 aromatic carbocycles. The van der Waals surface area contributed by atoms with Crippen molar-refractivity contribution in [2.24, 2.45) is 5.92 Å². The van der Waals surface area contributed by atoms with Crippen molar-refractivity contribution in [1.29, 1.82) is 0 Å². The lowest BCUT2D eigenvalue weighted by Crippen LogP contribution is -2.54. The van der Waals surface area contributed by atoms with Gasteiger partial charge in [-0.1, -0.05) is 32.0 Å². The van der Waals surface area contributed by atoms with E-state index in [1.54, 1.807) is 35.3 Å². The average Bonchev–Trinajstić information content (AvgIpc) is 3.21. The third-order valence-electron chi connectivity index (χ3n) is 5.21. The number of fused-ring (bicyclic) bond motifs is 2. The molecule has 2 atom stereocenters. The van der Waals surface area contributed by atoms with Crippen molar-refractivity contribution in [2.45, 2.75) is 56.6 Å². The zero-order valence-corrected chi connectivity index (χ0v) is 19.5. The normalized spacial score (nSPS) is 18.3. The fourth-order valence-electron chi connectivity index (χ4n) is 3.57. The number of benzene rings is 1. The van der Waals surface area contributed by atoms with Crippen LogP contribution < -0.4 is 15.4 Å². The van der Waals surface area contributed by atoms with Crippen molar-refractivity contribution >= 4 is 27.6 Å². The summed E-state index contributed by atoms with van der Waals surface area (Å²) < 4.78 is 29.8. The van der Waals surface area contributed by atoms with Gasteiger partial charge < -0.3 is 10.6 Å². The Balaban J connectivity index is 1.82. The van der Waals surface area contributed by atoms with Gasteiger partial charge in [0.15, 0.2) is 0 Å². The Labute approximate surface area is 193 Å². The summed E-state index contributed by atoms with van der Waals surface area (Å²) in [6.45, 7) is 4.60. The van der Waals surface area contributed by atoms with E-state index < -0.39 is 39.7 Å². The number of nitrogens with zero attached hydrogens (tertiary/aromatic N) is 2. The monoisotopic (exact) mass is 475 g/mol. The van der Waals surface area contributed by atoms with Crippen molar-refractivity contribution in [3.05, 3.63) is 48.3 Å². The van der Waals surface area contributed by atoms with Crippen molar-refractivity contribution < 1.29 is 22.8 Å². The zero-order chi connectivity index (χ0) is 24.0. The number of rotatable bonds is 7. The molecular weight excluding hydrogens is 446 g/mol. The van der Waals surface area contributed by atoms with Crippen LogP contribution in [0.4, 0.5) is 0 Å². The molecule has 0 aliphatic carbocycles. The van der Waals surface area contributed by atoms with Crippen LogP contribution in [0.25, 0.3) is 0 Å². The molecule has 3 N–H and O–H groups in total. The van der Waals surface area contributed by atoms with Crippen LogP contribution in [0, 0.1) is 5.92 Å². The van der Waals surface area contributed by atoms with Gasteiger partial charge in [0.25, 0.3) is 5.91 Å². The number of hydrogen-bond donors (Lipinski definition) is 3. The molecule has 0 saturated carbocycles. The van der Waals surface area contributed by atoms with Crippen LogP contribution in [0.2, 0.25) is 0 Å². The first-order chi connectivity index (χ1) is 15.7. The van der Waals surface area contributed by atoms with Crippen LogP contribution in [0.15, 0.2) is 47.6 Å². The van der Waals surface area contributed by atoms with Crippen molar-refractivity contribution in [2.75, 3.05) is 6.54 Å². The third kappa shape index (κ3) is 6.72. The summed E-state index contributed by atoms with van der Waals surface area (Å²) >= 11 is 0. The fraction of sp³-hybridized carbons (Fsp3) is 0.455. The number of carbonyl (C=O) groups excluding carboxylic acids is 3. The molecule has 0 fully saturated rings. The summed E-state index contributed by atoms with van der Waals surface area (Å²) in [5.74, 6) is -2.25. The van der Waals surface area contributed by atoms with E-state index in [0.29, 0.717) is 25.1 Å². The lowest BCUT2D eigenvalue weighted by Gasteiger charge is -2.23. The molecule has 2 unspecified atom stereocenters. The van der Waals surface area contributed by atoms with Gasteiger partial charge in [-0.05, 0) is 36.5 Å². The largest absolute Gasteiger partial charge is 0.349 e. The van der Waals surface area contributed by atoms with Gasteiger partial charge in [-0.15, -0.1) is 0 Å². The topological polar surface area (TPSA) is 139 Å². The summed E-state index contributed by atoms with van der Waals surface area (Å²) in [6, 6.07) is 5.47. The van der Waals surface area contributed by atoms with Crippen LogP contribution in [-0.2, 0) is 37.4 Å². The molecule has 1 aliphatic heterocycles. The minimum atomic E-state index is -3.97. The minimum absolute atomic E-state index is 0.0102. The Bertz CT molecular complexity index is 1100. The van der Waals surface area contributed by atoms with Gasteiger partial charge in [0.2, 0.25) is 21.7 Å². The number of nitrogens with one attached hydrogen (secondary N) is 3. The number of ketones is 1. The fourth-order valence-corrected chi connectivity index (χ4v) is 4.80. The van der Waals surface area contributed by atoms with E-state index in [-0.39, 0.29) is 23.7 Å². The third-order valence-corrected chi connectivity index (χ3v) is 6.69. The molecular formula is C22H29N5O5S. The molecule has 178 valence electrons. The molecule has 2 aromatic rings. The summed E-state index contributed by atoms with van der Waals surface area (Å²) in [5, 5.41) is 9.39. The minimum Gasteiger partial charge on any atom is -0.349 e. The Morgan fingerprint density at radius 3 is 2.67 bits per heavy atom. The molecule has 0 spiro atoms. The summed E-state index contributed by atoms with van der Waals surface area (Å²) in [6.07, 6.45) is 4.25. The van der Waals surface area contributed by atoms with E-state index in [1.165, 1.54) is 12.1 Å². The van der Waals surface area contributed by atoms with Crippen LogP contribution >= 0.6 is 0 Å². The smallest absolute Gasteiger partial charge is 0.289 e. The number of amides is 2. The Hall–Kier alpha value is -3.05. The van der Waals surface area contributed by atoms with Crippen LogP contribution in [0.3, 0.4) is 0 Å². The first kappa shape index (κ1) is 24.6. The first-order valence-electron chi connectivity index (χ1n) is 10.9. The maximum Gasteiger partial charge on any atom is 0.289 e. The second-order valence-corrected chi connectivity index (χ2v) is 10.2. The average molecular weight is 476 g/mol. The van der Waals surface area contributed by atoms with E-state index in [1.807, 2.05) is 13.8 Å². The second-order valence-electron chi connectivity index (χ2n) is 8.47. The Kier molecular flexibility index (Phi) is 7.98. The quantitative estimate of drug-likeness (QED) is 0.495. The molecule has 10 nitrogen and oxygen atoms in total. The van der Waals surface area contributed by atoms with Gasteiger partial charge in [-0.3, -0.25) is 19.1 Å². The predicted octanol–water partition coefficient (Wildman–Crippen LogP) is 0.393. The van der Waals surface area contributed by atoms with Crippen molar-refractivity contribution in [3.8, 4) is 0 Å². The highest BCUT2D eigenvalue weighted by atomic mass is 32.2. The number of Topliss-reactive ketones (excluding diaryl/α,β-unsaturated/α-hetero) is 1. The zero-order valence-electron chi connectivity index (χ0n) is 18.7. The molecule has 2 bridgehead atoms. The van der Waals surface area contributed by atoms with Gasteiger partial charge in [0.05, 0.1) is 11.1 Å². The van der Waals surface area contributed by atoms with Crippen LogP contribution in [-0.4, -0.2) is 54.4 Å². The van der Waals surface area contributed by atoms with E-state index in [0.717, 1.165) is 0 Å². The summed E-state index contributed by atoms with van der Waals surface area (Å²) in [4.78, 5) is 38.3. The van der Waals surface area contributed by atoms with E-state index in [2.05, 4.69) is 20.5 Å². The number of carbonyl (C=O) groups is 3. The summed E-state index contributed by atoms with van der Waals surface area (Å²) in [5.41, 5.74) is 0.689. The van der Waals surface area contributed by atoms with Gasteiger partial charge in [-0.2, -0.15) is 9.82 Å². The van der Waals surface area contributed by atoms with Gasteiger partial charge in [-0.25, -0.2) is 8.42 Å².